The van der Waals surface area contributed by atoms with Crippen LogP contribution in [-0.2, 0) is 14.3 Å². The Labute approximate surface area is 405 Å². The molecule has 0 aromatic carbocycles. The molecule has 384 valence electrons. The van der Waals surface area contributed by atoms with Crippen molar-refractivity contribution in [2.45, 2.75) is 328 Å². The molecule has 0 heterocycles. The second kappa shape index (κ2) is 54.9. The summed E-state index contributed by atoms with van der Waals surface area (Å²) >= 11 is 0. The third kappa shape index (κ3) is 51.6. The maximum atomic E-state index is 12.4. The van der Waals surface area contributed by atoms with E-state index in [9.17, 15) is 19.8 Å². The summed E-state index contributed by atoms with van der Waals surface area (Å²) in [5.74, 6) is -0.0318. The first-order chi connectivity index (χ1) is 32.0. The molecule has 0 spiro atoms. The fourth-order valence-corrected chi connectivity index (χ4v) is 9.02. The Morgan fingerprint density at radius 1 is 0.431 bits per heavy atom. The molecule has 0 saturated carbocycles. The predicted octanol–water partition coefficient (Wildman–Crippen LogP) is 17.9. The minimum absolute atomic E-state index is 0.0105. The van der Waals surface area contributed by atoms with Crippen molar-refractivity contribution in [1.82, 2.24) is 5.32 Å². The first-order valence-electron chi connectivity index (χ1n) is 29.1. The molecule has 0 bridgehead atoms. The zero-order valence-electron chi connectivity index (χ0n) is 43.7. The van der Waals surface area contributed by atoms with Crippen molar-refractivity contribution < 1.29 is 24.5 Å². The van der Waals surface area contributed by atoms with Crippen LogP contribution < -0.4 is 5.32 Å². The monoisotopic (exact) mass is 916 g/mol. The molecule has 0 rings (SSSR count). The van der Waals surface area contributed by atoms with E-state index in [1.54, 1.807) is 0 Å². The second-order valence-corrected chi connectivity index (χ2v) is 20.0. The minimum atomic E-state index is -0.666. The number of allylic oxidation sites excluding steroid dienone is 4. The normalized spacial score (nSPS) is 12.7. The number of carbonyl (C=O) groups excluding carboxylic acids is 2. The summed E-state index contributed by atoms with van der Waals surface area (Å²) in [6, 6.07) is -0.544. The highest BCUT2D eigenvalue weighted by atomic mass is 16.5. The van der Waals surface area contributed by atoms with Crippen LogP contribution in [0.2, 0.25) is 0 Å². The van der Waals surface area contributed by atoms with Crippen LogP contribution in [0.4, 0.5) is 0 Å². The van der Waals surface area contributed by atoms with E-state index in [2.05, 4.69) is 43.5 Å². The number of nitrogens with one attached hydrogen (secondary N) is 1. The van der Waals surface area contributed by atoms with Crippen LogP contribution in [0.15, 0.2) is 24.3 Å². The summed E-state index contributed by atoms with van der Waals surface area (Å²) in [4.78, 5) is 24.4. The Hall–Kier alpha value is -1.66. The lowest BCUT2D eigenvalue weighted by Crippen LogP contribution is -2.45. The largest absolute Gasteiger partial charge is 0.466 e. The van der Waals surface area contributed by atoms with E-state index >= 15 is 0 Å². The van der Waals surface area contributed by atoms with Crippen molar-refractivity contribution in [1.29, 1.82) is 0 Å². The topological polar surface area (TPSA) is 95.9 Å². The maximum absolute atomic E-state index is 12.4. The molecule has 0 radical (unpaired) electrons. The van der Waals surface area contributed by atoms with Crippen LogP contribution in [0.3, 0.4) is 0 Å². The first kappa shape index (κ1) is 63.3. The smallest absolute Gasteiger partial charge is 0.305 e. The lowest BCUT2D eigenvalue weighted by Gasteiger charge is -2.22. The first-order valence-corrected chi connectivity index (χ1v) is 29.1. The molecule has 6 heteroatoms. The Balaban J connectivity index is 3.41. The van der Waals surface area contributed by atoms with Gasteiger partial charge >= 0.3 is 5.97 Å². The quantitative estimate of drug-likeness (QED) is 0.0321. The fourth-order valence-electron chi connectivity index (χ4n) is 9.02. The molecule has 6 nitrogen and oxygen atoms in total. The van der Waals surface area contributed by atoms with E-state index in [1.807, 2.05) is 0 Å². The van der Waals surface area contributed by atoms with Crippen LogP contribution in [0.1, 0.15) is 316 Å². The van der Waals surface area contributed by atoms with Gasteiger partial charge in [0, 0.05) is 12.8 Å². The number of carbonyl (C=O) groups is 2. The zero-order valence-corrected chi connectivity index (χ0v) is 43.7. The lowest BCUT2D eigenvalue weighted by molar-refractivity contribution is -0.143. The molecule has 0 saturated heterocycles. The van der Waals surface area contributed by atoms with E-state index < -0.39 is 12.1 Å². The van der Waals surface area contributed by atoms with Crippen molar-refractivity contribution >= 4 is 11.9 Å². The zero-order chi connectivity index (χ0) is 47.2. The van der Waals surface area contributed by atoms with E-state index in [0.717, 1.165) is 44.9 Å². The van der Waals surface area contributed by atoms with Gasteiger partial charge in [0.15, 0.2) is 0 Å². The average Bonchev–Trinajstić information content (AvgIpc) is 3.31. The Morgan fingerprint density at radius 3 is 1.17 bits per heavy atom. The van der Waals surface area contributed by atoms with Gasteiger partial charge in [0.1, 0.15) is 0 Å². The SMILES string of the molecule is CCCCCCCCCCCCCCCC(=O)OCCCCCCCCCCC/C=C\C/C=C\CCCCCCCCCCCC(=O)NC(CO)C(O)CCCCCCCCCCCC. The van der Waals surface area contributed by atoms with Crippen LogP contribution in [0, 0.1) is 0 Å². The van der Waals surface area contributed by atoms with Crippen molar-refractivity contribution in [2.24, 2.45) is 0 Å². The van der Waals surface area contributed by atoms with Crippen LogP contribution in [0.25, 0.3) is 0 Å². The molecule has 1 amide bonds. The highest BCUT2D eigenvalue weighted by Gasteiger charge is 2.20. The molecule has 0 fully saturated rings. The number of aliphatic hydroxyl groups is 2. The molecule has 2 atom stereocenters. The van der Waals surface area contributed by atoms with Crippen LogP contribution in [0.5, 0.6) is 0 Å². The van der Waals surface area contributed by atoms with Crippen molar-refractivity contribution in [2.75, 3.05) is 13.2 Å². The van der Waals surface area contributed by atoms with Gasteiger partial charge in [-0.1, -0.05) is 269 Å². The molecule has 0 aliphatic heterocycles. The summed E-state index contributed by atoms with van der Waals surface area (Å²) in [6.07, 6.45) is 66.1. The van der Waals surface area contributed by atoms with Crippen LogP contribution >= 0.6 is 0 Å². The highest BCUT2D eigenvalue weighted by Crippen LogP contribution is 2.17. The third-order valence-electron chi connectivity index (χ3n) is 13.5. The minimum Gasteiger partial charge on any atom is -0.466 e. The number of hydrogen-bond donors (Lipinski definition) is 3. The molecule has 0 aliphatic rings. The van der Waals surface area contributed by atoms with Crippen LogP contribution in [-0.4, -0.2) is 47.4 Å². The Morgan fingerprint density at radius 2 is 0.769 bits per heavy atom. The molecule has 2 unspecified atom stereocenters. The number of hydrogen-bond acceptors (Lipinski definition) is 5. The summed E-state index contributed by atoms with van der Waals surface area (Å²) in [7, 11) is 0. The summed E-state index contributed by atoms with van der Waals surface area (Å²) in [6.45, 7) is 4.94. The summed E-state index contributed by atoms with van der Waals surface area (Å²) in [5.41, 5.74) is 0. The van der Waals surface area contributed by atoms with Gasteiger partial charge < -0.3 is 20.3 Å². The summed E-state index contributed by atoms with van der Waals surface area (Å²) < 4.78 is 5.47. The lowest BCUT2D eigenvalue weighted by atomic mass is 10.0. The number of esters is 1. The van der Waals surface area contributed by atoms with E-state index in [0.29, 0.717) is 25.9 Å². The molecule has 3 N–H and O–H groups in total. The second-order valence-electron chi connectivity index (χ2n) is 20.0. The molecule has 0 aliphatic carbocycles. The van der Waals surface area contributed by atoms with Gasteiger partial charge in [0.25, 0.3) is 0 Å². The molecule has 0 aromatic heterocycles. The maximum Gasteiger partial charge on any atom is 0.305 e. The summed E-state index contributed by atoms with van der Waals surface area (Å²) in [5, 5.41) is 23.1. The Bertz CT molecular complexity index is 1010. The van der Waals surface area contributed by atoms with Gasteiger partial charge in [0.2, 0.25) is 5.91 Å². The van der Waals surface area contributed by atoms with E-state index in [-0.39, 0.29) is 18.5 Å². The van der Waals surface area contributed by atoms with Gasteiger partial charge in [-0.25, -0.2) is 0 Å². The van der Waals surface area contributed by atoms with Gasteiger partial charge in [-0.2, -0.15) is 0 Å². The van der Waals surface area contributed by atoms with Gasteiger partial charge in [-0.05, 0) is 57.8 Å². The van der Waals surface area contributed by atoms with E-state index in [4.69, 9.17) is 4.74 Å². The number of rotatable bonds is 54. The molecule has 65 heavy (non-hydrogen) atoms. The molecular formula is C59H113NO5. The third-order valence-corrected chi connectivity index (χ3v) is 13.5. The van der Waals surface area contributed by atoms with Gasteiger partial charge in [0.05, 0.1) is 25.4 Å². The van der Waals surface area contributed by atoms with Crippen molar-refractivity contribution in [3.05, 3.63) is 24.3 Å². The van der Waals surface area contributed by atoms with Gasteiger partial charge in [-0.3, -0.25) is 9.59 Å². The average molecular weight is 917 g/mol. The number of aliphatic hydroxyl groups excluding tert-OH is 2. The van der Waals surface area contributed by atoms with E-state index in [1.165, 1.54) is 238 Å². The molecule has 0 aromatic rings. The highest BCUT2D eigenvalue weighted by molar-refractivity contribution is 5.76. The van der Waals surface area contributed by atoms with Crippen molar-refractivity contribution in [3.63, 3.8) is 0 Å². The molecular weight excluding hydrogens is 803 g/mol. The van der Waals surface area contributed by atoms with Gasteiger partial charge in [-0.15, -0.1) is 0 Å². The number of ether oxygens (including phenoxy) is 1. The fraction of sp³-hybridized carbons (Fsp3) is 0.898. The number of amides is 1. The predicted molar refractivity (Wildman–Crippen MR) is 283 cm³/mol. The standard InChI is InChI=1S/C59H113NO5/c1-3-5-7-9-11-13-15-29-33-37-41-45-49-53-59(64)65-54-50-46-42-38-34-31-28-26-24-22-20-18-16-17-19-21-23-25-27-30-32-36-40-44-48-52-58(63)60-56(55-61)57(62)51-47-43-39-35-14-12-10-8-6-4-2/h17-20,56-57,61-62H,3-16,21-55H2,1-2H3,(H,60,63)/b19-17-,20-18-. The Kier molecular flexibility index (Phi) is 53.5. The van der Waals surface area contributed by atoms with Crippen molar-refractivity contribution in [3.8, 4) is 0 Å². The number of unbranched alkanes of at least 4 members (excludes halogenated alkanes) is 39.